The van der Waals surface area contributed by atoms with Crippen molar-refractivity contribution in [1.29, 1.82) is 0 Å². The van der Waals surface area contributed by atoms with Gasteiger partial charge in [0, 0.05) is 12.4 Å². The molecular formula is C17H22N2. The molecule has 2 rings (SSSR count). The van der Waals surface area contributed by atoms with E-state index in [2.05, 4.69) is 60.5 Å². The van der Waals surface area contributed by atoms with Gasteiger partial charge in [0.25, 0.3) is 0 Å². The molecule has 2 aromatic rings. The third kappa shape index (κ3) is 3.65. The highest BCUT2D eigenvalue weighted by Crippen LogP contribution is 2.22. The molecule has 1 N–H and O–H groups in total. The zero-order valence-corrected chi connectivity index (χ0v) is 11.9. The van der Waals surface area contributed by atoms with Crippen molar-refractivity contribution in [1.82, 2.24) is 10.3 Å². The van der Waals surface area contributed by atoms with Gasteiger partial charge in [0.2, 0.25) is 0 Å². The molecule has 100 valence electrons. The largest absolute Gasteiger partial charge is 0.309 e. The van der Waals surface area contributed by atoms with E-state index in [9.17, 15) is 0 Å². The van der Waals surface area contributed by atoms with Crippen molar-refractivity contribution in [2.75, 3.05) is 7.05 Å². The van der Waals surface area contributed by atoms with E-state index in [0.29, 0.717) is 5.92 Å². The molecule has 0 aliphatic rings. The highest BCUT2D eigenvalue weighted by Gasteiger charge is 2.11. The zero-order valence-electron chi connectivity index (χ0n) is 11.9. The highest BCUT2D eigenvalue weighted by atomic mass is 14.9. The third-order valence-corrected chi connectivity index (χ3v) is 3.29. The summed E-state index contributed by atoms with van der Waals surface area (Å²) in [4.78, 5) is 4.07. The second-order valence-electron chi connectivity index (χ2n) is 5.34. The molecule has 1 unspecified atom stereocenters. The molecule has 0 fully saturated rings. The van der Waals surface area contributed by atoms with E-state index in [1.807, 2.05) is 19.4 Å². The minimum Gasteiger partial charge on any atom is -0.309 e. The van der Waals surface area contributed by atoms with E-state index in [-0.39, 0.29) is 6.04 Å². The van der Waals surface area contributed by atoms with Gasteiger partial charge in [-0.05, 0) is 48.2 Å². The summed E-state index contributed by atoms with van der Waals surface area (Å²) in [6.45, 7) is 4.50. The summed E-state index contributed by atoms with van der Waals surface area (Å²) in [5.41, 5.74) is 3.94. The first-order valence-electron chi connectivity index (χ1n) is 6.86. The number of aromatic nitrogens is 1. The quantitative estimate of drug-likeness (QED) is 0.882. The molecule has 1 heterocycles. The van der Waals surface area contributed by atoms with Crippen molar-refractivity contribution in [2.45, 2.75) is 26.3 Å². The molecule has 19 heavy (non-hydrogen) atoms. The lowest BCUT2D eigenvalue weighted by molar-refractivity contribution is 0.645. The average molecular weight is 254 g/mol. The van der Waals surface area contributed by atoms with E-state index in [1.165, 1.54) is 16.7 Å². The average Bonchev–Trinajstić information content (AvgIpc) is 2.42. The summed E-state index contributed by atoms with van der Waals surface area (Å²) in [5.74, 6) is 0.700. The predicted octanol–water partition coefficient (Wildman–Crippen LogP) is 3.59. The van der Waals surface area contributed by atoms with Gasteiger partial charge in [0.05, 0.1) is 6.04 Å². The molecule has 1 atom stereocenters. The van der Waals surface area contributed by atoms with Crippen LogP contribution in [0.15, 0.2) is 48.8 Å². The molecule has 1 aromatic carbocycles. The lowest BCUT2D eigenvalue weighted by Gasteiger charge is -2.17. The molecule has 0 radical (unpaired) electrons. The second kappa shape index (κ2) is 6.48. The van der Waals surface area contributed by atoms with Crippen LogP contribution in [-0.4, -0.2) is 12.0 Å². The summed E-state index contributed by atoms with van der Waals surface area (Å²) in [5, 5.41) is 3.37. The van der Waals surface area contributed by atoms with Crippen LogP contribution < -0.4 is 5.32 Å². The smallest absolute Gasteiger partial charge is 0.0575 e. The first kappa shape index (κ1) is 13.8. The van der Waals surface area contributed by atoms with Crippen LogP contribution in [0, 0.1) is 5.92 Å². The van der Waals surface area contributed by atoms with Crippen molar-refractivity contribution in [3.63, 3.8) is 0 Å². The van der Waals surface area contributed by atoms with Crippen LogP contribution in [0.3, 0.4) is 0 Å². The Morgan fingerprint density at radius 1 is 0.947 bits per heavy atom. The fourth-order valence-corrected chi connectivity index (χ4v) is 2.40. The fourth-order valence-electron chi connectivity index (χ4n) is 2.40. The molecule has 0 saturated carbocycles. The predicted molar refractivity (Wildman–Crippen MR) is 80.1 cm³/mol. The standard InChI is InChI=1S/C17H22N2/c1-13(2)12-14-4-6-15(7-5-14)17(18-3)16-8-10-19-11-9-16/h4-11,13,17-18H,12H2,1-3H3. The summed E-state index contributed by atoms with van der Waals surface area (Å²) in [7, 11) is 1.99. The Balaban J connectivity index is 2.20. The molecule has 0 saturated heterocycles. The monoisotopic (exact) mass is 254 g/mol. The number of nitrogens with one attached hydrogen (secondary N) is 1. The molecule has 0 bridgehead atoms. The summed E-state index contributed by atoms with van der Waals surface area (Å²) < 4.78 is 0. The number of benzene rings is 1. The summed E-state index contributed by atoms with van der Waals surface area (Å²) in [6.07, 6.45) is 4.82. The lowest BCUT2D eigenvalue weighted by Crippen LogP contribution is -2.17. The molecule has 0 spiro atoms. The van der Waals surface area contributed by atoms with Gasteiger partial charge in [-0.2, -0.15) is 0 Å². The van der Waals surface area contributed by atoms with Gasteiger partial charge in [-0.3, -0.25) is 4.98 Å². The van der Waals surface area contributed by atoms with Crippen molar-refractivity contribution >= 4 is 0 Å². The maximum absolute atomic E-state index is 4.07. The molecular weight excluding hydrogens is 232 g/mol. The minimum atomic E-state index is 0.232. The Kier molecular flexibility index (Phi) is 4.69. The molecule has 0 aliphatic heterocycles. The lowest BCUT2D eigenvalue weighted by atomic mass is 9.96. The first-order valence-corrected chi connectivity index (χ1v) is 6.86. The molecule has 0 aliphatic carbocycles. The zero-order chi connectivity index (χ0) is 13.7. The highest BCUT2D eigenvalue weighted by molar-refractivity contribution is 5.32. The van der Waals surface area contributed by atoms with E-state index in [1.54, 1.807) is 0 Å². The molecule has 2 nitrogen and oxygen atoms in total. The van der Waals surface area contributed by atoms with Gasteiger partial charge >= 0.3 is 0 Å². The molecule has 2 heteroatoms. The van der Waals surface area contributed by atoms with E-state index in [0.717, 1.165) is 6.42 Å². The number of rotatable bonds is 5. The van der Waals surface area contributed by atoms with Crippen LogP contribution in [-0.2, 0) is 6.42 Å². The van der Waals surface area contributed by atoms with E-state index in [4.69, 9.17) is 0 Å². The van der Waals surface area contributed by atoms with Gasteiger partial charge in [0.15, 0.2) is 0 Å². The van der Waals surface area contributed by atoms with Crippen molar-refractivity contribution < 1.29 is 0 Å². The topological polar surface area (TPSA) is 24.9 Å². The fraction of sp³-hybridized carbons (Fsp3) is 0.353. The Morgan fingerprint density at radius 2 is 1.53 bits per heavy atom. The van der Waals surface area contributed by atoms with Gasteiger partial charge < -0.3 is 5.32 Å². The maximum atomic E-state index is 4.07. The summed E-state index contributed by atoms with van der Waals surface area (Å²) in [6, 6.07) is 13.3. The number of pyridine rings is 1. The Bertz CT molecular complexity index is 488. The van der Waals surface area contributed by atoms with Crippen molar-refractivity contribution in [2.24, 2.45) is 5.92 Å². The van der Waals surface area contributed by atoms with Crippen LogP contribution in [0.4, 0.5) is 0 Å². The maximum Gasteiger partial charge on any atom is 0.0575 e. The Morgan fingerprint density at radius 3 is 2.05 bits per heavy atom. The van der Waals surface area contributed by atoms with Gasteiger partial charge in [-0.15, -0.1) is 0 Å². The van der Waals surface area contributed by atoms with Gasteiger partial charge in [0.1, 0.15) is 0 Å². The van der Waals surface area contributed by atoms with E-state index < -0.39 is 0 Å². The minimum absolute atomic E-state index is 0.232. The Labute approximate surface area is 115 Å². The van der Waals surface area contributed by atoms with Crippen molar-refractivity contribution in [3.8, 4) is 0 Å². The normalized spacial score (nSPS) is 12.6. The van der Waals surface area contributed by atoms with Crippen LogP contribution in [0.1, 0.15) is 36.6 Å². The third-order valence-electron chi connectivity index (χ3n) is 3.29. The molecule has 0 amide bonds. The summed E-state index contributed by atoms with van der Waals surface area (Å²) >= 11 is 0. The number of nitrogens with zero attached hydrogens (tertiary/aromatic N) is 1. The van der Waals surface area contributed by atoms with E-state index >= 15 is 0 Å². The van der Waals surface area contributed by atoms with Gasteiger partial charge in [-0.1, -0.05) is 38.1 Å². The van der Waals surface area contributed by atoms with Crippen LogP contribution in [0.2, 0.25) is 0 Å². The number of hydrogen-bond donors (Lipinski definition) is 1. The second-order valence-corrected chi connectivity index (χ2v) is 5.34. The SMILES string of the molecule is CNC(c1ccncc1)c1ccc(CC(C)C)cc1. The molecule has 1 aromatic heterocycles. The number of hydrogen-bond acceptors (Lipinski definition) is 2. The van der Waals surface area contributed by atoms with Crippen molar-refractivity contribution in [3.05, 3.63) is 65.5 Å². The Hall–Kier alpha value is -1.67. The van der Waals surface area contributed by atoms with Crippen LogP contribution >= 0.6 is 0 Å². The van der Waals surface area contributed by atoms with Gasteiger partial charge in [-0.25, -0.2) is 0 Å². The van der Waals surface area contributed by atoms with Crippen LogP contribution in [0.25, 0.3) is 0 Å². The first-order chi connectivity index (χ1) is 9.20. The van der Waals surface area contributed by atoms with Crippen LogP contribution in [0.5, 0.6) is 0 Å².